The molecule has 0 unspecified atom stereocenters. The van der Waals surface area contributed by atoms with E-state index in [9.17, 15) is 27.6 Å². The zero-order chi connectivity index (χ0) is 31.1. The largest absolute Gasteiger partial charge is 0.435 e. The molecule has 5 N–H and O–H groups in total. The van der Waals surface area contributed by atoms with Gasteiger partial charge in [-0.3, -0.25) is 19.6 Å². The SMILES string of the molecule is CC1(C)CC(=O)c2c(C(F)(F)F)nn(-c3ccc(C(N)=O)c(NCC4CCN(c5ncc(C(=O)NO)cn5)CC4)c3)c2C1. The molecule has 0 spiro atoms. The van der Waals surface area contributed by atoms with Crippen molar-refractivity contribution in [1.82, 2.24) is 25.2 Å². The van der Waals surface area contributed by atoms with Crippen molar-refractivity contribution in [2.75, 3.05) is 29.9 Å². The predicted molar refractivity (Wildman–Crippen MR) is 148 cm³/mol. The Balaban J connectivity index is 1.34. The number of halogens is 3. The summed E-state index contributed by atoms with van der Waals surface area (Å²) in [6.45, 7) is 5.37. The molecule has 0 bridgehead atoms. The standard InChI is InChI=1S/C28H31F3N8O4/c1-27(2)10-20-22(21(40)11-27)23(28(29,30)31)36-39(20)17-3-4-18(24(32)41)19(9-17)33-12-15-5-7-38(8-6-15)26-34-13-16(14-35-26)25(42)37-43/h3-4,9,13-15,33,43H,5-8,10-12H2,1-2H3,(H2,32,41)(H,37,42). The van der Waals surface area contributed by atoms with Crippen LogP contribution in [-0.2, 0) is 12.6 Å². The van der Waals surface area contributed by atoms with E-state index in [0.717, 1.165) is 17.5 Å². The third kappa shape index (κ3) is 6.16. The maximum Gasteiger partial charge on any atom is 0.435 e. The quantitative estimate of drug-likeness (QED) is 0.235. The van der Waals surface area contributed by atoms with Gasteiger partial charge in [-0.15, -0.1) is 0 Å². The Kier molecular flexibility index (Phi) is 7.86. The average molecular weight is 601 g/mol. The fourth-order valence-electron chi connectivity index (χ4n) is 5.64. The summed E-state index contributed by atoms with van der Waals surface area (Å²) >= 11 is 0. The molecule has 3 aromatic rings. The van der Waals surface area contributed by atoms with Crippen LogP contribution in [0.1, 0.15) is 75.6 Å². The van der Waals surface area contributed by atoms with Crippen LogP contribution in [0.3, 0.4) is 0 Å². The Morgan fingerprint density at radius 2 is 1.81 bits per heavy atom. The van der Waals surface area contributed by atoms with Gasteiger partial charge in [0.15, 0.2) is 11.5 Å². The molecule has 228 valence electrons. The van der Waals surface area contributed by atoms with Crippen LogP contribution in [0.4, 0.5) is 24.8 Å². The summed E-state index contributed by atoms with van der Waals surface area (Å²) < 4.78 is 42.9. The molecule has 15 heteroatoms. The van der Waals surface area contributed by atoms with Crippen LogP contribution in [0.5, 0.6) is 0 Å². The lowest BCUT2D eigenvalue weighted by Gasteiger charge is -2.32. The van der Waals surface area contributed by atoms with Crippen molar-refractivity contribution in [2.24, 2.45) is 17.1 Å². The smallest absolute Gasteiger partial charge is 0.384 e. The topological polar surface area (TPSA) is 168 Å². The average Bonchev–Trinajstić information content (AvgIpc) is 3.35. The highest BCUT2D eigenvalue weighted by Crippen LogP contribution is 2.42. The van der Waals surface area contributed by atoms with Crippen LogP contribution in [0, 0.1) is 11.3 Å². The summed E-state index contributed by atoms with van der Waals surface area (Å²) in [5, 5.41) is 15.8. The zero-order valence-corrected chi connectivity index (χ0v) is 23.5. The normalized spacial score (nSPS) is 17.0. The Hall–Kier alpha value is -4.53. The molecule has 12 nitrogen and oxygen atoms in total. The number of hydrogen-bond acceptors (Lipinski definition) is 9. The van der Waals surface area contributed by atoms with Gasteiger partial charge in [-0.25, -0.2) is 20.1 Å². The number of rotatable bonds is 7. The third-order valence-electron chi connectivity index (χ3n) is 7.81. The van der Waals surface area contributed by atoms with Gasteiger partial charge >= 0.3 is 6.18 Å². The van der Waals surface area contributed by atoms with Crippen molar-refractivity contribution in [3.05, 3.63) is 58.7 Å². The minimum atomic E-state index is -4.81. The molecule has 0 radical (unpaired) electrons. The van der Waals surface area contributed by atoms with Crippen LogP contribution in [0.2, 0.25) is 0 Å². The number of hydroxylamine groups is 1. The molecule has 0 saturated carbocycles. The maximum atomic E-state index is 13.9. The first-order valence-corrected chi connectivity index (χ1v) is 13.7. The molecule has 1 fully saturated rings. The summed E-state index contributed by atoms with van der Waals surface area (Å²) in [6, 6.07) is 4.45. The number of nitrogens with one attached hydrogen (secondary N) is 2. The molecule has 1 aliphatic heterocycles. The second kappa shape index (κ2) is 11.3. The number of carbonyl (C=O) groups is 3. The maximum absolute atomic E-state index is 13.9. The van der Waals surface area contributed by atoms with E-state index < -0.39 is 40.4 Å². The fourth-order valence-corrected chi connectivity index (χ4v) is 5.64. The molecule has 2 aromatic heterocycles. The lowest BCUT2D eigenvalue weighted by atomic mass is 9.75. The predicted octanol–water partition coefficient (Wildman–Crippen LogP) is 3.38. The molecule has 1 saturated heterocycles. The van der Waals surface area contributed by atoms with Gasteiger partial charge in [0.05, 0.1) is 28.1 Å². The van der Waals surface area contributed by atoms with Gasteiger partial charge in [-0.1, -0.05) is 13.8 Å². The second-order valence-electron chi connectivity index (χ2n) is 11.6. The van der Waals surface area contributed by atoms with Crippen molar-refractivity contribution in [1.29, 1.82) is 0 Å². The summed E-state index contributed by atoms with van der Waals surface area (Å²) in [7, 11) is 0. The van der Waals surface area contributed by atoms with Crippen molar-refractivity contribution in [3.63, 3.8) is 0 Å². The molecule has 2 amide bonds. The highest BCUT2D eigenvalue weighted by Gasteiger charge is 2.45. The van der Waals surface area contributed by atoms with Gasteiger partial charge in [0.25, 0.3) is 11.8 Å². The zero-order valence-electron chi connectivity index (χ0n) is 23.5. The van der Waals surface area contributed by atoms with Crippen LogP contribution in [0.25, 0.3) is 5.69 Å². The number of fused-ring (bicyclic) bond motifs is 1. The molecule has 3 heterocycles. The molecular formula is C28H31F3N8O4. The van der Waals surface area contributed by atoms with Crippen LogP contribution in [0.15, 0.2) is 30.6 Å². The van der Waals surface area contributed by atoms with E-state index in [4.69, 9.17) is 10.9 Å². The number of amides is 2. The minimum Gasteiger partial charge on any atom is -0.384 e. The number of nitrogens with zero attached hydrogens (tertiary/aromatic N) is 5. The highest BCUT2D eigenvalue weighted by molar-refractivity contribution is 6.00. The Morgan fingerprint density at radius 3 is 2.42 bits per heavy atom. The van der Waals surface area contributed by atoms with Gasteiger partial charge in [-0.05, 0) is 48.8 Å². The third-order valence-corrected chi connectivity index (χ3v) is 7.81. The number of piperidine rings is 1. The highest BCUT2D eigenvalue weighted by atomic mass is 19.4. The van der Waals surface area contributed by atoms with Crippen LogP contribution in [-0.4, -0.2) is 62.2 Å². The number of benzene rings is 1. The Bertz CT molecular complexity index is 1560. The lowest BCUT2D eigenvalue weighted by Crippen LogP contribution is -2.37. The fraction of sp³-hybridized carbons (Fsp3) is 0.429. The Labute approximate surface area is 244 Å². The van der Waals surface area contributed by atoms with Crippen LogP contribution < -0.4 is 21.4 Å². The van der Waals surface area contributed by atoms with E-state index in [-0.39, 0.29) is 41.3 Å². The van der Waals surface area contributed by atoms with E-state index in [1.807, 2.05) is 18.7 Å². The molecule has 2 aliphatic rings. The number of nitrogens with two attached hydrogens (primary N) is 1. The van der Waals surface area contributed by atoms with Crippen molar-refractivity contribution >= 4 is 29.2 Å². The molecule has 1 aliphatic carbocycles. The molecule has 0 atom stereocenters. The molecule has 43 heavy (non-hydrogen) atoms. The summed E-state index contributed by atoms with van der Waals surface area (Å²) in [5.41, 5.74) is 6.09. The summed E-state index contributed by atoms with van der Waals surface area (Å²) in [5.74, 6) is -1.37. The monoisotopic (exact) mass is 600 g/mol. The molecule has 1 aromatic carbocycles. The number of hydrogen-bond donors (Lipinski definition) is 4. The van der Waals surface area contributed by atoms with Crippen molar-refractivity contribution in [2.45, 2.75) is 45.7 Å². The number of Topliss-reactive ketones (excluding diaryl/α,β-unsaturated/α-hetero) is 1. The van der Waals surface area contributed by atoms with Gasteiger partial charge in [0.1, 0.15) is 0 Å². The summed E-state index contributed by atoms with van der Waals surface area (Å²) in [4.78, 5) is 46.9. The van der Waals surface area contributed by atoms with E-state index in [1.54, 1.807) is 0 Å². The van der Waals surface area contributed by atoms with Gasteiger partial charge in [0, 0.05) is 44.1 Å². The van der Waals surface area contributed by atoms with Crippen molar-refractivity contribution < 1.29 is 32.8 Å². The number of aromatic nitrogens is 4. The van der Waals surface area contributed by atoms with E-state index >= 15 is 0 Å². The van der Waals surface area contributed by atoms with E-state index in [0.29, 0.717) is 31.3 Å². The first-order chi connectivity index (χ1) is 20.3. The number of carbonyl (C=O) groups excluding carboxylic acids is 3. The van der Waals surface area contributed by atoms with E-state index in [1.165, 1.54) is 36.1 Å². The number of anilines is 2. The minimum absolute atomic E-state index is 0.0146. The molecule has 5 rings (SSSR count). The number of alkyl halides is 3. The van der Waals surface area contributed by atoms with Crippen LogP contribution >= 0.6 is 0 Å². The second-order valence-corrected chi connectivity index (χ2v) is 11.6. The van der Waals surface area contributed by atoms with Gasteiger partial charge in [0.2, 0.25) is 5.95 Å². The summed E-state index contributed by atoms with van der Waals surface area (Å²) in [6.07, 6.45) is -0.456. The first-order valence-electron chi connectivity index (χ1n) is 13.7. The van der Waals surface area contributed by atoms with Gasteiger partial charge in [-0.2, -0.15) is 18.3 Å². The van der Waals surface area contributed by atoms with E-state index in [2.05, 4.69) is 20.4 Å². The van der Waals surface area contributed by atoms with Gasteiger partial charge < -0.3 is 16.0 Å². The Morgan fingerprint density at radius 1 is 1.14 bits per heavy atom. The first kappa shape index (κ1) is 29.9. The van der Waals surface area contributed by atoms with Crippen molar-refractivity contribution in [3.8, 4) is 5.69 Å². The number of primary amides is 1. The molecular weight excluding hydrogens is 569 g/mol. The number of ketones is 1. The lowest BCUT2D eigenvalue weighted by molar-refractivity contribution is -0.141.